The molecule has 2 fully saturated rings. The fourth-order valence-corrected chi connectivity index (χ4v) is 3.79. The third-order valence-electron chi connectivity index (χ3n) is 5.93. The third kappa shape index (κ3) is 2.70. The Morgan fingerprint density at radius 3 is 2.56 bits per heavy atom. The average molecular weight is 380 g/mol. The summed E-state index contributed by atoms with van der Waals surface area (Å²) < 4.78 is 22.6. The van der Waals surface area contributed by atoms with Crippen LogP contribution in [0.25, 0.3) is 11.2 Å². The van der Waals surface area contributed by atoms with Crippen LogP contribution in [-0.4, -0.2) is 91.8 Å². The van der Waals surface area contributed by atoms with Crippen LogP contribution in [0.4, 0.5) is 10.2 Å². The molecule has 2 N–H and O–H groups in total. The summed E-state index contributed by atoms with van der Waals surface area (Å²) in [6.07, 6.45) is 0.677. The summed E-state index contributed by atoms with van der Waals surface area (Å²) in [5.41, 5.74) is -3.00. The maximum absolute atomic E-state index is 15.5. The number of fused-ring (bicyclic) bond motifs is 1. The number of alkyl halides is 1. The number of imidazole rings is 1. The van der Waals surface area contributed by atoms with Crippen molar-refractivity contribution < 1.29 is 19.3 Å². The first-order valence-electron chi connectivity index (χ1n) is 9.06. The van der Waals surface area contributed by atoms with Crippen molar-refractivity contribution in [3.05, 3.63) is 12.7 Å². The van der Waals surface area contributed by atoms with Gasteiger partial charge in [0.2, 0.25) is 0 Å². The zero-order chi connectivity index (χ0) is 19.4. The molecule has 2 aliphatic heterocycles. The number of halogens is 1. The zero-order valence-corrected chi connectivity index (χ0v) is 15.7. The van der Waals surface area contributed by atoms with Gasteiger partial charge < -0.3 is 24.7 Å². The van der Waals surface area contributed by atoms with Crippen LogP contribution in [0.2, 0.25) is 0 Å². The van der Waals surface area contributed by atoms with E-state index in [1.807, 2.05) is 0 Å². The summed E-state index contributed by atoms with van der Waals surface area (Å²) >= 11 is 0. The predicted molar refractivity (Wildman–Crippen MR) is 96.2 cm³/mol. The Bertz CT molecular complexity index is 833. The van der Waals surface area contributed by atoms with Gasteiger partial charge in [0, 0.05) is 26.2 Å². The normalized spacial score (nSPS) is 35.3. The Balaban J connectivity index is 1.73. The van der Waals surface area contributed by atoms with Gasteiger partial charge in [-0.2, -0.15) is 0 Å². The van der Waals surface area contributed by atoms with E-state index in [9.17, 15) is 10.2 Å². The molecule has 0 spiro atoms. The minimum atomic E-state index is -2.15. The summed E-state index contributed by atoms with van der Waals surface area (Å²) in [5.74, 6) is 0.705. The highest BCUT2D eigenvalue weighted by molar-refractivity contribution is 5.83. The molecule has 4 atom stereocenters. The molecular formula is C17H25FN6O3. The van der Waals surface area contributed by atoms with Gasteiger partial charge in [0.25, 0.3) is 0 Å². The van der Waals surface area contributed by atoms with Gasteiger partial charge in [-0.15, -0.1) is 0 Å². The molecule has 27 heavy (non-hydrogen) atoms. The van der Waals surface area contributed by atoms with Crippen molar-refractivity contribution in [2.24, 2.45) is 0 Å². The van der Waals surface area contributed by atoms with Crippen molar-refractivity contribution in [1.29, 1.82) is 0 Å². The lowest BCUT2D eigenvalue weighted by molar-refractivity contribution is -0.0891. The topological polar surface area (TPSA) is 99.8 Å². The number of ether oxygens (including phenoxy) is 1. The number of nitrogens with zero attached hydrogens (tertiary/aromatic N) is 6. The van der Waals surface area contributed by atoms with E-state index in [4.69, 9.17) is 4.74 Å². The van der Waals surface area contributed by atoms with Crippen molar-refractivity contribution in [3.8, 4) is 0 Å². The minimum absolute atomic E-state index is 0.433. The monoisotopic (exact) mass is 380 g/mol. The van der Waals surface area contributed by atoms with Crippen molar-refractivity contribution >= 4 is 17.0 Å². The van der Waals surface area contributed by atoms with E-state index in [2.05, 4.69) is 31.8 Å². The molecule has 0 radical (unpaired) electrons. The van der Waals surface area contributed by atoms with Crippen molar-refractivity contribution in [3.63, 3.8) is 0 Å². The summed E-state index contributed by atoms with van der Waals surface area (Å²) in [5, 5.41) is 20.1. The van der Waals surface area contributed by atoms with Gasteiger partial charge in [-0.3, -0.25) is 4.57 Å². The number of aliphatic hydroxyl groups is 2. The Morgan fingerprint density at radius 2 is 1.93 bits per heavy atom. The molecule has 0 aliphatic carbocycles. The fraction of sp³-hybridized carbons (Fsp3) is 0.706. The van der Waals surface area contributed by atoms with Crippen molar-refractivity contribution in [1.82, 2.24) is 24.4 Å². The second-order valence-corrected chi connectivity index (χ2v) is 7.69. The number of aliphatic hydroxyl groups excluding tert-OH is 1. The molecule has 148 valence electrons. The highest BCUT2D eigenvalue weighted by atomic mass is 19.1. The molecule has 9 nitrogen and oxygen atoms in total. The van der Waals surface area contributed by atoms with Gasteiger partial charge in [0.15, 0.2) is 28.9 Å². The number of likely N-dealkylation sites (N-methyl/N-ethyl adjacent to an activating group) is 1. The Morgan fingerprint density at radius 1 is 1.22 bits per heavy atom. The molecule has 4 heterocycles. The summed E-state index contributed by atoms with van der Waals surface area (Å²) in [7, 11) is 2.07. The average Bonchev–Trinajstić information content (AvgIpc) is 3.13. The summed E-state index contributed by atoms with van der Waals surface area (Å²) in [6, 6.07) is 0. The minimum Gasteiger partial charge on any atom is -0.394 e. The molecule has 2 aromatic heterocycles. The molecule has 2 aromatic rings. The first kappa shape index (κ1) is 18.5. The van der Waals surface area contributed by atoms with E-state index in [0.29, 0.717) is 17.0 Å². The lowest BCUT2D eigenvalue weighted by Crippen LogP contribution is -2.51. The molecule has 4 rings (SSSR count). The van der Waals surface area contributed by atoms with Crippen LogP contribution in [0.15, 0.2) is 12.7 Å². The standard InChI is InChI=1S/C17H25FN6O3/c1-16(18)15(27-11(8-25)17(16,2)26)24-10-21-12-13(19-9-20-14(12)24)23-6-4-22(3)5-7-23/h9-11,15,25-26H,4-8H2,1-3H3/t11-,15+,16+,17+/m1/s1. The van der Waals surface area contributed by atoms with Gasteiger partial charge in [-0.25, -0.2) is 19.3 Å². The Labute approximate surface area is 156 Å². The van der Waals surface area contributed by atoms with Crippen LogP contribution in [0.3, 0.4) is 0 Å². The Hall–Kier alpha value is -1.88. The second-order valence-electron chi connectivity index (χ2n) is 7.69. The van der Waals surface area contributed by atoms with E-state index in [-0.39, 0.29) is 0 Å². The fourth-order valence-electron chi connectivity index (χ4n) is 3.79. The van der Waals surface area contributed by atoms with Gasteiger partial charge in [-0.1, -0.05) is 0 Å². The van der Waals surface area contributed by atoms with E-state index in [0.717, 1.165) is 26.2 Å². The molecule has 0 saturated carbocycles. The second kappa shape index (κ2) is 6.33. The van der Waals surface area contributed by atoms with Gasteiger partial charge in [-0.05, 0) is 20.9 Å². The van der Waals surface area contributed by atoms with Crippen LogP contribution in [-0.2, 0) is 4.74 Å². The van der Waals surface area contributed by atoms with Crippen molar-refractivity contribution in [2.45, 2.75) is 37.4 Å². The number of aromatic nitrogens is 4. The molecule has 0 aromatic carbocycles. The highest BCUT2D eigenvalue weighted by Gasteiger charge is 2.63. The molecule has 2 saturated heterocycles. The van der Waals surface area contributed by atoms with Gasteiger partial charge >= 0.3 is 0 Å². The largest absolute Gasteiger partial charge is 0.394 e. The van der Waals surface area contributed by atoms with Gasteiger partial charge in [0.1, 0.15) is 18.0 Å². The van der Waals surface area contributed by atoms with E-state index < -0.39 is 30.2 Å². The SMILES string of the molecule is CN1CCN(c2ncnc3c2ncn3[C@H]2O[C@H](CO)[C@](C)(O)[C@@]2(C)F)CC1. The summed E-state index contributed by atoms with van der Waals surface area (Å²) in [6.45, 7) is 5.58. The molecule has 0 bridgehead atoms. The molecule has 0 unspecified atom stereocenters. The van der Waals surface area contributed by atoms with E-state index >= 15 is 4.39 Å². The number of hydrogen-bond acceptors (Lipinski definition) is 8. The number of hydrogen-bond donors (Lipinski definition) is 2. The quantitative estimate of drug-likeness (QED) is 0.765. The van der Waals surface area contributed by atoms with Crippen LogP contribution in [0, 0.1) is 0 Å². The van der Waals surface area contributed by atoms with Crippen LogP contribution in [0.1, 0.15) is 20.1 Å². The first-order chi connectivity index (χ1) is 12.8. The maximum atomic E-state index is 15.5. The number of anilines is 1. The Kier molecular flexibility index (Phi) is 4.34. The highest BCUT2D eigenvalue weighted by Crippen LogP contribution is 2.48. The molecule has 2 aliphatic rings. The number of rotatable bonds is 3. The first-order valence-corrected chi connectivity index (χ1v) is 9.06. The maximum Gasteiger partial charge on any atom is 0.183 e. The summed E-state index contributed by atoms with van der Waals surface area (Å²) in [4.78, 5) is 17.5. The molecule has 0 amide bonds. The third-order valence-corrected chi connectivity index (χ3v) is 5.93. The van der Waals surface area contributed by atoms with E-state index in [1.54, 1.807) is 0 Å². The number of piperazine rings is 1. The lowest BCUT2D eigenvalue weighted by atomic mass is 9.85. The molecular weight excluding hydrogens is 355 g/mol. The molecule has 10 heteroatoms. The zero-order valence-electron chi connectivity index (χ0n) is 15.7. The van der Waals surface area contributed by atoms with Gasteiger partial charge in [0.05, 0.1) is 12.9 Å². The van der Waals surface area contributed by atoms with Crippen LogP contribution in [0.5, 0.6) is 0 Å². The van der Waals surface area contributed by atoms with E-state index in [1.165, 1.54) is 31.1 Å². The predicted octanol–water partition coefficient (Wildman–Crippen LogP) is -0.0530. The van der Waals surface area contributed by atoms with Crippen LogP contribution < -0.4 is 4.90 Å². The van der Waals surface area contributed by atoms with Crippen LogP contribution >= 0.6 is 0 Å². The smallest absolute Gasteiger partial charge is 0.183 e. The lowest BCUT2D eigenvalue weighted by Gasteiger charge is -2.33. The van der Waals surface area contributed by atoms with Crippen molar-refractivity contribution in [2.75, 3.05) is 44.7 Å².